The Morgan fingerprint density at radius 3 is 2.29 bits per heavy atom. The van der Waals surface area contributed by atoms with Crippen molar-refractivity contribution in [2.24, 2.45) is 0 Å². The largest absolute Gasteiger partial charge is 0.204 e. The molecule has 3 heteroatoms. The summed E-state index contributed by atoms with van der Waals surface area (Å²) in [5.74, 6) is -1.35. The molecule has 0 atom stereocenters. The van der Waals surface area contributed by atoms with Gasteiger partial charge in [-0.05, 0) is 18.9 Å². The van der Waals surface area contributed by atoms with Gasteiger partial charge in [0.1, 0.15) is 0 Å². The van der Waals surface area contributed by atoms with Crippen LogP contribution in [-0.4, -0.2) is 0 Å². The fourth-order valence-corrected chi connectivity index (χ4v) is 1.51. The van der Waals surface area contributed by atoms with E-state index in [0.717, 1.165) is 6.07 Å². The van der Waals surface area contributed by atoms with Gasteiger partial charge in [-0.2, -0.15) is 0 Å². The zero-order chi connectivity index (χ0) is 10.3. The Morgan fingerprint density at radius 2 is 1.79 bits per heavy atom. The van der Waals surface area contributed by atoms with Crippen molar-refractivity contribution in [2.45, 2.75) is 18.3 Å². The highest BCUT2D eigenvalue weighted by molar-refractivity contribution is 5.41. The molecule has 0 spiro atoms. The molecule has 2 rings (SSSR count). The number of rotatable bonds is 1. The van der Waals surface area contributed by atoms with Gasteiger partial charge in [0.15, 0.2) is 17.5 Å². The highest BCUT2D eigenvalue weighted by Crippen LogP contribution is 2.48. The maximum atomic E-state index is 13.3. The van der Waals surface area contributed by atoms with Gasteiger partial charge in [0.05, 0.1) is 5.41 Å². The smallest absolute Gasteiger partial charge is 0.194 e. The van der Waals surface area contributed by atoms with Crippen molar-refractivity contribution in [1.29, 1.82) is 0 Å². The average Bonchev–Trinajstić information content (AvgIpc) is 2.95. The van der Waals surface area contributed by atoms with E-state index in [-0.39, 0.29) is 5.56 Å². The van der Waals surface area contributed by atoms with E-state index in [0.29, 0.717) is 12.8 Å². The van der Waals surface area contributed by atoms with Crippen LogP contribution in [0.2, 0.25) is 0 Å². The lowest BCUT2D eigenvalue weighted by Gasteiger charge is -2.09. The summed E-state index contributed by atoms with van der Waals surface area (Å²) < 4.78 is 38.7. The summed E-state index contributed by atoms with van der Waals surface area (Å²) in [5.41, 5.74) is -0.600. The molecule has 0 radical (unpaired) electrons. The second kappa shape index (κ2) is 2.78. The van der Waals surface area contributed by atoms with Crippen LogP contribution in [0.3, 0.4) is 0 Å². The second-order valence-corrected chi connectivity index (χ2v) is 3.45. The highest BCUT2D eigenvalue weighted by atomic mass is 19.2. The molecule has 0 amide bonds. The number of halogens is 3. The van der Waals surface area contributed by atoms with Gasteiger partial charge in [0.25, 0.3) is 0 Å². The first kappa shape index (κ1) is 9.14. The first-order valence-corrected chi connectivity index (χ1v) is 4.22. The van der Waals surface area contributed by atoms with E-state index < -0.39 is 22.9 Å². The molecular formula is C11H7F3. The lowest BCUT2D eigenvalue weighted by molar-refractivity contribution is 0.438. The minimum absolute atomic E-state index is 0.0962. The third-order valence-electron chi connectivity index (χ3n) is 2.58. The summed E-state index contributed by atoms with van der Waals surface area (Å²) in [4.78, 5) is 0. The Balaban J connectivity index is 2.57. The van der Waals surface area contributed by atoms with Crippen molar-refractivity contribution >= 4 is 0 Å². The molecule has 0 N–H and O–H groups in total. The third-order valence-corrected chi connectivity index (χ3v) is 2.58. The Morgan fingerprint density at radius 1 is 1.14 bits per heavy atom. The number of hydrogen-bond acceptors (Lipinski definition) is 0. The maximum Gasteiger partial charge on any atom is 0.194 e. The fraction of sp³-hybridized carbons (Fsp3) is 0.273. The lowest BCUT2D eigenvalue weighted by atomic mass is 9.96. The minimum atomic E-state index is -1.44. The van der Waals surface area contributed by atoms with Gasteiger partial charge in [0, 0.05) is 5.56 Å². The van der Waals surface area contributed by atoms with Crippen molar-refractivity contribution in [1.82, 2.24) is 0 Å². The Hall–Kier alpha value is -1.43. The van der Waals surface area contributed by atoms with Gasteiger partial charge in [-0.1, -0.05) is 12.0 Å². The molecule has 0 aromatic heterocycles. The standard InChI is InChI=1S/C11H7F3/c1-2-11(5-6-11)7-3-4-8(12)10(14)9(7)13/h1,3-4H,5-6H2. The Labute approximate surface area is 79.7 Å². The van der Waals surface area contributed by atoms with Crippen LogP contribution < -0.4 is 0 Å². The molecular weight excluding hydrogens is 189 g/mol. The van der Waals surface area contributed by atoms with Crippen LogP contribution in [0, 0.1) is 29.8 Å². The second-order valence-electron chi connectivity index (χ2n) is 3.45. The zero-order valence-electron chi connectivity index (χ0n) is 7.28. The molecule has 1 aromatic carbocycles. The van der Waals surface area contributed by atoms with Crippen LogP contribution in [0.15, 0.2) is 12.1 Å². The van der Waals surface area contributed by atoms with E-state index in [1.807, 2.05) is 0 Å². The van der Waals surface area contributed by atoms with Gasteiger partial charge in [-0.25, -0.2) is 13.2 Å². The predicted octanol–water partition coefficient (Wildman–Crippen LogP) is 2.77. The SMILES string of the molecule is C#CC1(c2ccc(F)c(F)c2F)CC1. The average molecular weight is 196 g/mol. The highest BCUT2D eigenvalue weighted by Gasteiger charge is 2.45. The van der Waals surface area contributed by atoms with E-state index in [4.69, 9.17) is 6.42 Å². The van der Waals surface area contributed by atoms with Gasteiger partial charge >= 0.3 is 0 Å². The Kier molecular flexibility index (Phi) is 1.81. The van der Waals surface area contributed by atoms with Gasteiger partial charge in [-0.15, -0.1) is 6.42 Å². The number of benzene rings is 1. The summed E-state index contributed by atoms with van der Waals surface area (Å²) in [6, 6.07) is 2.13. The van der Waals surface area contributed by atoms with Crippen LogP contribution in [0.4, 0.5) is 13.2 Å². The molecule has 0 aliphatic heterocycles. The minimum Gasteiger partial charge on any atom is -0.204 e. The molecule has 0 unspecified atom stereocenters. The predicted molar refractivity (Wildman–Crippen MR) is 46.1 cm³/mol. The molecule has 0 saturated heterocycles. The molecule has 14 heavy (non-hydrogen) atoms. The topological polar surface area (TPSA) is 0 Å². The number of terminal acetylenes is 1. The quantitative estimate of drug-likeness (QED) is 0.478. The van der Waals surface area contributed by atoms with Crippen LogP contribution >= 0.6 is 0 Å². The zero-order valence-corrected chi connectivity index (χ0v) is 7.28. The van der Waals surface area contributed by atoms with Gasteiger partial charge in [0.2, 0.25) is 0 Å². The molecule has 1 fully saturated rings. The van der Waals surface area contributed by atoms with Gasteiger partial charge in [-0.3, -0.25) is 0 Å². The van der Waals surface area contributed by atoms with E-state index in [2.05, 4.69) is 5.92 Å². The first-order valence-electron chi connectivity index (χ1n) is 4.22. The summed E-state index contributed by atoms with van der Waals surface area (Å²) >= 11 is 0. The molecule has 1 aliphatic rings. The molecule has 0 heterocycles. The monoisotopic (exact) mass is 196 g/mol. The van der Waals surface area contributed by atoms with Crippen molar-refractivity contribution in [2.75, 3.05) is 0 Å². The summed E-state index contributed by atoms with van der Waals surface area (Å²) in [7, 11) is 0. The molecule has 72 valence electrons. The van der Waals surface area contributed by atoms with E-state index in [9.17, 15) is 13.2 Å². The third kappa shape index (κ3) is 1.11. The first-order chi connectivity index (χ1) is 6.60. The fourth-order valence-electron chi connectivity index (χ4n) is 1.51. The Bertz CT molecular complexity index is 425. The van der Waals surface area contributed by atoms with Crippen molar-refractivity contribution in [3.05, 3.63) is 35.1 Å². The molecule has 1 aromatic rings. The van der Waals surface area contributed by atoms with Gasteiger partial charge < -0.3 is 0 Å². The number of hydrogen-bond donors (Lipinski definition) is 0. The maximum absolute atomic E-state index is 13.3. The van der Waals surface area contributed by atoms with E-state index in [1.165, 1.54) is 6.07 Å². The normalized spacial score (nSPS) is 17.6. The van der Waals surface area contributed by atoms with Crippen molar-refractivity contribution < 1.29 is 13.2 Å². The summed E-state index contributed by atoms with van der Waals surface area (Å²) in [5, 5.41) is 0. The van der Waals surface area contributed by atoms with Crippen LogP contribution in [-0.2, 0) is 5.41 Å². The van der Waals surface area contributed by atoms with Crippen LogP contribution in [0.25, 0.3) is 0 Å². The van der Waals surface area contributed by atoms with Crippen molar-refractivity contribution in [3.63, 3.8) is 0 Å². The van der Waals surface area contributed by atoms with E-state index >= 15 is 0 Å². The van der Waals surface area contributed by atoms with Crippen LogP contribution in [0.5, 0.6) is 0 Å². The summed E-state index contributed by atoms with van der Waals surface area (Å²) in [6.07, 6.45) is 6.49. The molecule has 0 nitrogen and oxygen atoms in total. The van der Waals surface area contributed by atoms with Crippen LogP contribution in [0.1, 0.15) is 18.4 Å². The summed E-state index contributed by atoms with van der Waals surface area (Å²) in [6.45, 7) is 0. The molecule has 0 bridgehead atoms. The lowest BCUT2D eigenvalue weighted by Crippen LogP contribution is -2.08. The van der Waals surface area contributed by atoms with Crippen molar-refractivity contribution in [3.8, 4) is 12.3 Å². The molecule has 1 aliphatic carbocycles. The molecule has 1 saturated carbocycles. The van der Waals surface area contributed by atoms with E-state index in [1.54, 1.807) is 0 Å².